The van der Waals surface area contributed by atoms with E-state index in [4.69, 9.17) is 0 Å². The Morgan fingerprint density at radius 1 is 1.35 bits per heavy atom. The van der Waals surface area contributed by atoms with Crippen molar-refractivity contribution in [3.8, 4) is 5.69 Å². The van der Waals surface area contributed by atoms with Crippen LogP contribution in [0.15, 0.2) is 42.7 Å². The number of benzene rings is 1. The topological polar surface area (TPSA) is 46.9 Å². The number of hydrogen-bond donors (Lipinski definition) is 1. The van der Waals surface area contributed by atoms with Gasteiger partial charge in [0.1, 0.15) is 0 Å². The molecule has 17 heavy (non-hydrogen) atoms. The molecule has 0 fully saturated rings. The van der Waals surface area contributed by atoms with Crippen molar-refractivity contribution < 1.29 is 4.79 Å². The van der Waals surface area contributed by atoms with Crippen molar-refractivity contribution in [1.82, 2.24) is 15.1 Å². The molecule has 1 aromatic heterocycles. The van der Waals surface area contributed by atoms with E-state index in [1.54, 1.807) is 17.1 Å². The fourth-order valence-electron chi connectivity index (χ4n) is 1.42. The van der Waals surface area contributed by atoms with Crippen LogP contribution in [0.4, 0.5) is 0 Å². The Bertz CT molecular complexity index is 495. The number of carbonyl (C=O) groups is 1. The third kappa shape index (κ3) is 2.94. The van der Waals surface area contributed by atoms with Crippen molar-refractivity contribution in [2.45, 2.75) is 0 Å². The molecule has 0 atom stereocenters. The zero-order chi connectivity index (χ0) is 12.1. The largest absolute Gasteiger partial charge is 0.351 e. The first-order valence-corrected chi connectivity index (χ1v) is 6.37. The van der Waals surface area contributed by atoms with Gasteiger partial charge in [0.25, 0.3) is 5.91 Å². The lowest BCUT2D eigenvalue weighted by Gasteiger charge is -2.00. The number of alkyl halides is 1. The average molecular weight is 294 g/mol. The van der Waals surface area contributed by atoms with Gasteiger partial charge in [-0.2, -0.15) is 5.10 Å². The molecule has 0 unspecified atom stereocenters. The SMILES string of the molecule is O=C(NCCBr)c1cnn(-c2ccccc2)c1. The molecule has 1 amide bonds. The van der Waals surface area contributed by atoms with Crippen LogP contribution in [0.2, 0.25) is 0 Å². The van der Waals surface area contributed by atoms with Crippen LogP contribution < -0.4 is 5.32 Å². The normalized spacial score (nSPS) is 10.2. The summed E-state index contributed by atoms with van der Waals surface area (Å²) >= 11 is 3.26. The molecule has 1 heterocycles. The highest BCUT2D eigenvalue weighted by Crippen LogP contribution is 2.07. The molecule has 2 rings (SSSR count). The summed E-state index contributed by atoms with van der Waals surface area (Å²) in [6, 6.07) is 9.68. The fraction of sp³-hybridized carbons (Fsp3) is 0.167. The molecule has 0 spiro atoms. The molecule has 0 radical (unpaired) electrons. The Morgan fingerprint density at radius 3 is 2.82 bits per heavy atom. The predicted octanol–water partition coefficient (Wildman–Crippen LogP) is 2.00. The number of nitrogens with one attached hydrogen (secondary N) is 1. The van der Waals surface area contributed by atoms with E-state index in [1.165, 1.54) is 0 Å². The van der Waals surface area contributed by atoms with E-state index in [1.807, 2.05) is 30.3 Å². The van der Waals surface area contributed by atoms with E-state index in [2.05, 4.69) is 26.3 Å². The predicted molar refractivity (Wildman–Crippen MR) is 69.7 cm³/mol. The van der Waals surface area contributed by atoms with Gasteiger partial charge in [0.15, 0.2) is 0 Å². The number of aromatic nitrogens is 2. The Hall–Kier alpha value is -1.62. The average Bonchev–Trinajstić information content (AvgIpc) is 2.86. The summed E-state index contributed by atoms with van der Waals surface area (Å²) in [6.07, 6.45) is 3.29. The minimum Gasteiger partial charge on any atom is -0.351 e. The lowest BCUT2D eigenvalue weighted by Crippen LogP contribution is -2.24. The van der Waals surface area contributed by atoms with Crippen LogP contribution in [0.5, 0.6) is 0 Å². The minimum absolute atomic E-state index is 0.105. The first kappa shape index (κ1) is 11.9. The van der Waals surface area contributed by atoms with Crippen LogP contribution in [0.1, 0.15) is 10.4 Å². The molecule has 88 valence electrons. The molecule has 1 N–H and O–H groups in total. The standard InChI is InChI=1S/C12H12BrN3O/c13-6-7-14-12(17)10-8-15-16(9-10)11-4-2-1-3-5-11/h1-5,8-9H,6-7H2,(H,14,17). The van der Waals surface area contributed by atoms with Crippen LogP contribution in [0.3, 0.4) is 0 Å². The summed E-state index contributed by atoms with van der Waals surface area (Å²) in [6.45, 7) is 0.606. The molecule has 0 saturated carbocycles. The molecule has 5 heteroatoms. The summed E-state index contributed by atoms with van der Waals surface area (Å²) in [4.78, 5) is 11.7. The number of rotatable bonds is 4. The summed E-state index contributed by atoms with van der Waals surface area (Å²) in [5.41, 5.74) is 1.50. The quantitative estimate of drug-likeness (QED) is 0.877. The molecular formula is C12H12BrN3O. The van der Waals surface area contributed by atoms with Gasteiger partial charge in [-0.3, -0.25) is 4.79 Å². The highest BCUT2D eigenvalue weighted by Gasteiger charge is 2.08. The zero-order valence-corrected chi connectivity index (χ0v) is 10.7. The Balaban J connectivity index is 2.14. The Labute approximate surface area is 108 Å². The van der Waals surface area contributed by atoms with E-state index >= 15 is 0 Å². The molecule has 0 aliphatic carbocycles. The van der Waals surface area contributed by atoms with Gasteiger partial charge in [-0.15, -0.1) is 0 Å². The first-order chi connectivity index (χ1) is 8.31. The maximum absolute atomic E-state index is 11.7. The number of carbonyl (C=O) groups excluding carboxylic acids is 1. The molecule has 1 aromatic carbocycles. The monoisotopic (exact) mass is 293 g/mol. The van der Waals surface area contributed by atoms with E-state index in [0.29, 0.717) is 12.1 Å². The summed E-state index contributed by atoms with van der Waals surface area (Å²) in [5, 5.41) is 7.68. The van der Waals surface area contributed by atoms with Crippen molar-refractivity contribution in [2.24, 2.45) is 0 Å². The van der Waals surface area contributed by atoms with Crippen LogP contribution in [0, 0.1) is 0 Å². The second-order valence-electron chi connectivity index (χ2n) is 3.45. The highest BCUT2D eigenvalue weighted by molar-refractivity contribution is 9.09. The third-order valence-corrected chi connectivity index (χ3v) is 2.64. The smallest absolute Gasteiger partial charge is 0.254 e. The molecule has 4 nitrogen and oxygen atoms in total. The van der Waals surface area contributed by atoms with Crippen molar-refractivity contribution in [3.63, 3.8) is 0 Å². The third-order valence-electron chi connectivity index (χ3n) is 2.25. The maximum atomic E-state index is 11.7. The van der Waals surface area contributed by atoms with E-state index in [0.717, 1.165) is 11.0 Å². The molecule has 0 aliphatic rings. The molecular weight excluding hydrogens is 282 g/mol. The number of amides is 1. The van der Waals surface area contributed by atoms with Crippen molar-refractivity contribution >= 4 is 21.8 Å². The van der Waals surface area contributed by atoms with E-state index < -0.39 is 0 Å². The number of para-hydroxylation sites is 1. The molecule has 2 aromatic rings. The van der Waals surface area contributed by atoms with Crippen LogP contribution >= 0.6 is 15.9 Å². The minimum atomic E-state index is -0.105. The Morgan fingerprint density at radius 2 is 2.12 bits per heavy atom. The second kappa shape index (κ2) is 5.63. The van der Waals surface area contributed by atoms with Gasteiger partial charge >= 0.3 is 0 Å². The van der Waals surface area contributed by atoms with Crippen LogP contribution in [-0.4, -0.2) is 27.6 Å². The van der Waals surface area contributed by atoms with Gasteiger partial charge < -0.3 is 5.32 Å². The van der Waals surface area contributed by atoms with Gasteiger partial charge in [0, 0.05) is 18.1 Å². The van der Waals surface area contributed by atoms with Gasteiger partial charge in [-0.25, -0.2) is 4.68 Å². The molecule has 0 aliphatic heterocycles. The summed E-state index contributed by atoms with van der Waals surface area (Å²) in [7, 11) is 0. The summed E-state index contributed by atoms with van der Waals surface area (Å²) < 4.78 is 1.68. The van der Waals surface area contributed by atoms with E-state index in [-0.39, 0.29) is 5.91 Å². The fourth-order valence-corrected chi connectivity index (χ4v) is 1.62. The van der Waals surface area contributed by atoms with Crippen molar-refractivity contribution in [1.29, 1.82) is 0 Å². The number of halogens is 1. The van der Waals surface area contributed by atoms with Crippen LogP contribution in [-0.2, 0) is 0 Å². The lowest BCUT2D eigenvalue weighted by molar-refractivity contribution is 0.0956. The first-order valence-electron chi connectivity index (χ1n) is 5.25. The van der Waals surface area contributed by atoms with Gasteiger partial charge in [0.05, 0.1) is 17.4 Å². The molecule has 0 saturated heterocycles. The van der Waals surface area contributed by atoms with E-state index in [9.17, 15) is 4.79 Å². The van der Waals surface area contributed by atoms with Crippen LogP contribution in [0.25, 0.3) is 5.69 Å². The van der Waals surface area contributed by atoms with Gasteiger partial charge in [-0.1, -0.05) is 34.1 Å². The maximum Gasteiger partial charge on any atom is 0.254 e. The Kier molecular flexibility index (Phi) is 3.93. The van der Waals surface area contributed by atoms with Crippen molar-refractivity contribution in [3.05, 3.63) is 48.3 Å². The summed E-state index contributed by atoms with van der Waals surface area (Å²) in [5.74, 6) is -0.105. The van der Waals surface area contributed by atoms with Gasteiger partial charge in [0.2, 0.25) is 0 Å². The second-order valence-corrected chi connectivity index (χ2v) is 4.25. The number of nitrogens with zero attached hydrogens (tertiary/aromatic N) is 2. The van der Waals surface area contributed by atoms with Crippen molar-refractivity contribution in [2.75, 3.05) is 11.9 Å². The zero-order valence-electron chi connectivity index (χ0n) is 9.14. The number of hydrogen-bond acceptors (Lipinski definition) is 2. The molecule has 0 bridgehead atoms. The lowest BCUT2D eigenvalue weighted by atomic mass is 10.3. The van der Waals surface area contributed by atoms with Gasteiger partial charge in [-0.05, 0) is 12.1 Å². The highest BCUT2D eigenvalue weighted by atomic mass is 79.9.